The molecular weight excluding hydrogens is 312 g/mol. The van der Waals surface area contributed by atoms with Gasteiger partial charge in [0.15, 0.2) is 0 Å². The normalized spacial score (nSPS) is 22.4. The van der Waals surface area contributed by atoms with Crippen molar-refractivity contribution in [1.29, 1.82) is 0 Å². The molecule has 4 heteroatoms. The Morgan fingerprint density at radius 2 is 1.64 bits per heavy atom. The van der Waals surface area contributed by atoms with Gasteiger partial charge >= 0.3 is 0 Å². The van der Waals surface area contributed by atoms with Gasteiger partial charge in [-0.15, -0.1) is 0 Å². The first-order valence-electron chi connectivity index (χ1n) is 8.89. The number of ether oxygens (including phenoxy) is 1. The molecule has 1 heterocycles. The molecule has 1 aliphatic heterocycles. The van der Waals surface area contributed by atoms with Gasteiger partial charge in [0.1, 0.15) is 0 Å². The van der Waals surface area contributed by atoms with E-state index in [1.54, 1.807) is 0 Å². The van der Waals surface area contributed by atoms with Gasteiger partial charge in [-0.05, 0) is 32.4 Å². The summed E-state index contributed by atoms with van der Waals surface area (Å²) in [4.78, 5) is 15.0. The molecule has 0 aliphatic carbocycles. The average Bonchev–Trinajstić information content (AvgIpc) is 2.61. The summed E-state index contributed by atoms with van der Waals surface area (Å²) < 4.78 is 5.77. The fraction of sp³-hybridized carbons (Fsp3) is 0.381. The fourth-order valence-corrected chi connectivity index (χ4v) is 3.40. The molecule has 132 valence electrons. The van der Waals surface area contributed by atoms with Crippen molar-refractivity contribution in [3.05, 3.63) is 54.6 Å². The van der Waals surface area contributed by atoms with E-state index in [9.17, 15) is 4.79 Å². The Hall–Kier alpha value is -2.17. The Bertz CT molecular complexity index is 707. The molecule has 0 aromatic heterocycles. The van der Waals surface area contributed by atoms with E-state index >= 15 is 0 Å². The van der Waals surface area contributed by atoms with E-state index in [0.29, 0.717) is 0 Å². The molecule has 0 radical (unpaired) electrons. The minimum Gasteiger partial charge on any atom is -0.373 e. The molecule has 1 saturated heterocycles. The third-order valence-corrected chi connectivity index (χ3v) is 4.64. The van der Waals surface area contributed by atoms with E-state index < -0.39 is 0 Å². The Labute approximate surface area is 149 Å². The number of nitrogens with zero attached hydrogens (tertiary/aromatic N) is 1. The lowest BCUT2D eigenvalue weighted by molar-refractivity contribution is -0.126. The van der Waals surface area contributed by atoms with Gasteiger partial charge < -0.3 is 10.1 Å². The molecule has 0 saturated carbocycles. The van der Waals surface area contributed by atoms with Gasteiger partial charge in [-0.25, -0.2) is 0 Å². The molecule has 3 atom stereocenters. The van der Waals surface area contributed by atoms with E-state index in [1.807, 2.05) is 49.4 Å². The smallest absolute Gasteiger partial charge is 0.241 e. The Morgan fingerprint density at radius 1 is 1.04 bits per heavy atom. The van der Waals surface area contributed by atoms with Crippen molar-refractivity contribution < 1.29 is 9.53 Å². The van der Waals surface area contributed by atoms with Crippen LogP contribution in [0.15, 0.2) is 54.6 Å². The quantitative estimate of drug-likeness (QED) is 0.922. The standard InChI is InChI=1S/C21H26N2O2/c1-15-13-23(14-16(2)25-15)17(3)21(24)22-20-12-8-7-11-19(20)18-9-5-4-6-10-18/h4-12,15-17H,13-14H2,1-3H3,(H,22,24)/t15-,16-,17+/m1/s1. The first-order valence-corrected chi connectivity index (χ1v) is 8.89. The molecule has 3 rings (SSSR count). The minimum absolute atomic E-state index is 0.0182. The summed E-state index contributed by atoms with van der Waals surface area (Å²) in [5, 5.41) is 3.11. The van der Waals surface area contributed by atoms with Crippen LogP contribution in [-0.2, 0) is 9.53 Å². The molecular formula is C21H26N2O2. The molecule has 0 spiro atoms. The number of benzene rings is 2. The van der Waals surface area contributed by atoms with Gasteiger partial charge in [-0.2, -0.15) is 0 Å². The highest BCUT2D eigenvalue weighted by Gasteiger charge is 2.29. The molecule has 1 aliphatic rings. The summed E-state index contributed by atoms with van der Waals surface area (Å²) in [7, 11) is 0. The third-order valence-electron chi connectivity index (χ3n) is 4.64. The van der Waals surface area contributed by atoms with Crippen LogP contribution in [0, 0.1) is 0 Å². The largest absolute Gasteiger partial charge is 0.373 e. The fourth-order valence-electron chi connectivity index (χ4n) is 3.40. The lowest BCUT2D eigenvalue weighted by Crippen LogP contribution is -2.52. The summed E-state index contributed by atoms with van der Waals surface area (Å²) in [5.74, 6) is 0.0182. The number of nitrogens with one attached hydrogen (secondary N) is 1. The Morgan fingerprint density at radius 3 is 2.32 bits per heavy atom. The van der Waals surface area contributed by atoms with Crippen LogP contribution in [0.3, 0.4) is 0 Å². The summed E-state index contributed by atoms with van der Waals surface area (Å²) in [6.07, 6.45) is 0.297. The van der Waals surface area contributed by atoms with Crippen LogP contribution in [0.1, 0.15) is 20.8 Å². The molecule has 4 nitrogen and oxygen atoms in total. The second-order valence-corrected chi connectivity index (χ2v) is 6.79. The Balaban J connectivity index is 1.75. The number of hydrogen-bond donors (Lipinski definition) is 1. The maximum absolute atomic E-state index is 12.8. The number of rotatable bonds is 4. The summed E-state index contributed by atoms with van der Waals surface area (Å²) in [6, 6.07) is 17.9. The first kappa shape index (κ1) is 17.6. The number of para-hydroxylation sites is 1. The SMILES string of the molecule is C[C@@H]1CN([C@@H](C)C(=O)Nc2ccccc2-c2ccccc2)C[C@@H](C)O1. The van der Waals surface area contributed by atoms with E-state index in [1.165, 1.54) is 0 Å². The van der Waals surface area contributed by atoms with Crippen molar-refractivity contribution in [3.8, 4) is 11.1 Å². The third kappa shape index (κ3) is 4.27. The highest BCUT2D eigenvalue weighted by Crippen LogP contribution is 2.28. The van der Waals surface area contributed by atoms with E-state index in [4.69, 9.17) is 4.74 Å². The molecule has 2 aromatic carbocycles. The van der Waals surface area contributed by atoms with Crippen LogP contribution < -0.4 is 5.32 Å². The highest BCUT2D eigenvalue weighted by atomic mass is 16.5. The number of carbonyl (C=O) groups excluding carboxylic acids is 1. The number of hydrogen-bond acceptors (Lipinski definition) is 3. The number of morpholine rings is 1. The number of carbonyl (C=O) groups is 1. The average molecular weight is 338 g/mol. The molecule has 2 aromatic rings. The molecule has 25 heavy (non-hydrogen) atoms. The van der Waals surface area contributed by atoms with Gasteiger partial charge in [-0.1, -0.05) is 48.5 Å². The highest BCUT2D eigenvalue weighted by molar-refractivity contribution is 5.98. The van der Waals surface area contributed by atoms with Crippen molar-refractivity contribution in [2.24, 2.45) is 0 Å². The summed E-state index contributed by atoms with van der Waals surface area (Å²) >= 11 is 0. The molecule has 0 bridgehead atoms. The lowest BCUT2D eigenvalue weighted by atomic mass is 10.0. The van der Waals surface area contributed by atoms with Crippen LogP contribution in [0.25, 0.3) is 11.1 Å². The van der Waals surface area contributed by atoms with Gasteiger partial charge in [0.05, 0.1) is 18.2 Å². The number of amides is 1. The second kappa shape index (κ2) is 7.81. The van der Waals surface area contributed by atoms with Crippen LogP contribution in [0.5, 0.6) is 0 Å². The number of anilines is 1. The van der Waals surface area contributed by atoms with Crippen molar-refractivity contribution in [2.75, 3.05) is 18.4 Å². The maximum Gasteiger partial charge on any atom is 0.241 e. The van der Waals surface area contributed by atoms with Crippen LogP contribution in [0.4, 0.5) is 5.69 Å². The second-order valence-electron chi connectivity index (χ2n) is 6.79. The van der Waals surface area contributed by atoms with Crippen molar-refractivity contribution in [1.82, 2.24) is 4.90 Å². The zero-order valence-corrected chi connectivity index (χ0v) is 15.1. The van der Waals surface area contributed by atoms with Crippen molar-refractivity contribution in [3.63, 3.8) is 0 Å². The molecule has 1 N–H and O–H groups in total. The van der Waals surface area contributed by atoms with Crippen LogP contribution in [-0.4, -0.2) is 42.1 Å². The van der Waals surface area contributed by atoms with Gasteiger partial charge in [0.2, 0.25) is 5.91 Å². The predicted octanol–water partition coefficient (Wildman–Crippen LogP) is 3.79. The predicted molar refractivity (Wildman–Crippen MR) is 102 cm³/mol. The van der Waals surface area contributed by atoms with Crippen LogP contribution >= 0.6 is 0 Å². The van der Waals surface area contributed by atoms with Gasteiger partial charge in [-0.3, -0.25) is 9.69 Å². The van der Waals surface area contributed by atoms with E-state index in [2.05, 4.69) is 36.2 Å². The summed E-state index contributed by atoms with van der Waals surface area (Å²) in [6.45, 7) is 7.62. The first-order chi connectivity index (χ1) is 12.0. The monoisotopic (exact) mass is 338 g/mol. The van der Waals surface area contributed by atoms with Crippen molar-refractivity contribution >= 4 is 11.6 Å². The molecule has 0 unspecified atom stereocenters. The van der Waals surface area contributed by atoms with E-state index in [0.717, 1.165) is 29.9 Å². The topological polar surface area (TPSA) is 41.6 Å². The van der Waals surface area contributed by atoms with Crippen LogP contribution in [0.2, 0.25) is 0 Å². The molecule has 1 amide bonds. The maximum atomic E-state index is 12.8. The Kier molecular flexibility index (Phi) is 5.51. The van der Waals surface area contributed by atoms with Crippen molar-refractivity contribution in [2.45, 2.75) is 39.0 Å². The van der Waals surface area contributed by atoms with E-state index in [-0.39, 0.29) is 24.2 Å². The minimum atomic E-state index is -0.197. The summed E-state index contributed by atoms with van der Waals surface area (Å²) in [5.41, 5.74) is 2.98. The lowest BCUT2D eigenvalue weighted by Gasteiger charge is -2.38. The molecule has 1 fully saturated rings. The van der Waals surface area contributed by atoms with Gasteiger partial charge in [0.25, 0.3) is 0 Å². The zero-order valence-electron chi connectivity index (χ0n) is 15.1. The zero-order chi connectivity index (χ0) is 17.8. The van der Waals surface area contributed by atoms with Gasteiger partial charge in [0, 0.05) is 24.3 Å².